The van der Waals surface area contributed by atoms with Crippen LogP contribution in [-0.2, 0) is 11.3 Å². The first-order valence-corrected chi connectivity index (χ1v) is 7.20. The Bertz CT molecular complexity index is 545. The average Bonchev–Trinajstić information content (AvgIpc) is 2.77. The Hall–Kier alpha value is -1.08. The van der Waals surface area contributed by atoms with Crippen molar-refractivity contribution in [2.24, 2.45) is 5.92 Å². The lowest BCUT2D eigenvalue weighted by molar-refractivity contribution is 0.0958. The predicted octanol–water partition coefficient (Wildman–Crippen LogP) is 1.13. The summed E-state index contributed by atoms with van der Waals surface area (Å²) in [4.78, 5) is 2.33. The zero-order valence-electron chi connectivity index (χ0n) is 10.7. The van der Waals surface area contributed by atoms with Gasteiger partial charge in [-0.25, -0.2) is 0 Å². The quantitative estimate of drug-likeness (QED) is 0.913. The third-order valence-electron chi connectivity index (χ3n) is 3.40. The molecule has 1 aliphatic heterocycles. The van der Waals surface area contributed by atoms with Gasteiger partial charge in [-0.15, -0.1) is 0 Å². The minimum Gasteiger partial charge on any atom is -0.396 e. The van der Waals surface area contributed by atoms with Gasteiger partial charge in [-0.2, -0.15) is 8.75 Å². The van der Waals surface area contributed by atoms with Crippen LogP contribution in [0.1, 0.15) is 5.56 Å². The maximum Gasteiger partial charge on any atom is 0.105 e. The van der Waals surface area contributed by atoms with Crippen LogP contribution >= 0.6 is 11.7 Å². The van der Waals surface area contributed by atoms with Crippen LogP contribution < -0.4 is 0 Å². The number of hydrogen-bond donors (Lipinski definition) is 1. The Balaban J connectivity index is 1.71. The highest BCUT2D eigenvalue weighted by molar-refractivity contribution is 7.00. The molecule has 1 aromatic carbocycles. The standard InChI is InChI=1S/C13H17N3O2S/c17-8-11-7-16(3-4-18-9-11)6-10-1-2-12-13(5-10)15-19-14-12/h1-2,5,11,17H,3-4,6-9H2. The molecule has 1 unspecified atom stereocenters. The Morgan fingerprint density at radius 3 is 3.16 bits per heavy atom. The van der Waals surface area contributed by atoms with Gasteiger partial charge in [0.25, 0.3) is 0 Å². The zero-order chi connectivity index (χ0) is 13.1. The number of aromatic nitrogens is 2. The number of nitrogens with zero attached hydrogens (tertiary/aromatic N) is 3. The van der Waals surface area contributed by atoms with E-state index >= 15 is 0 Å². The van der Waals surface area contributed by atoms with Gasteiger partial charge in [0.1, 0.15) is 11.0 Å². The number of fused-ring (bicyclic) bond motifs is 1. The number of rotatable bonds is 3. The largest absolute Gasteiger partial charge is 0.396 e. The maximum atomic E-state index is 9.29. The summed E-state index contributed by atoms with van der Waals surface area (Å²) >= 11 is 1.25. The first-order chi connectivity index (χ1) is 9.35. The molecule has 1 saturated heterocycles. The molecule has 102 valence electrons. The number of benzene rings is 1. The van der Waals surface area contributed by atoms with Crippen molar-refractivity contribution in [1.29, 1.82) is 0 Å². The molecule has 2 aromatic rings. The molecule has 0 radical (unpaired) electrons. The van der Waals surface area contributed by atoms with Crippen LogP contribution in [0.3, 0.4) is 0 Å². The number of aliphatic hydroxyl groups excluding tert-OH is 1. The highest BCUT2D eigenvalue weighted by Gasteiger charge is 2.18. The third-order valence-corrected chi connectivity index (χ3v) is 3.96. The van der Waals surface area contributed by atoms with Gasteiger partial charge in [-0.05, 0) is 17.7 Å². The monoisotopic (exact) mass is 279 g/mol. The molecular formula is C13H17N3O2S. The van der Waals surface area contributed by atoms with Crippen molar-refractivity contribution in [3.05, 3.63) is 23.8 Å². The lowest BCUT2D eigenvalue weighted by Gasteiger charge is -2.22. The van der Waals surface area contributed by atoms with E-state index in [9.17, 15) is 5.11 Å². The van der Waals surface area contributed by atoms with Crippen molar-refractivity contribution in [1.82, 2.24) is 13.6 Å². The summed E-state index contributed by atoms with van der Waals surface area (Å²) in [5, 5.41) is 9.29. The fourth-order valence-electron chi connectivity index (χ4n) is 2.39. The van der Waals surface area contributed by atoms with Crippen LogP contribution in [0.5, 0.6) is 0 Å². The second-order valence-electron chi connectivity index (χ2n) is 4.95. The highest BCUT2D eigenvalue weighted by Crippen LogP contribution is 2.16. The number of hydrogen-bond acceptors (Lipinski definition) is 6. The predicted molar refractivity (Wildman–Crippen MR) is 74.1 cm³/mol. The van der Waals surface area contributed by atoms with Gasteiger partial charge >= 0.3 is 0 Å². The van der Waals surface area contributed by atoms with Crippen LogP contribution in [0.15, 0.2) is 18.2 Å². The maximum absolute atomic E-state index is 9.29. The molecule has 1 fully saturated rings. The van der Waals surface area contributed by atoms with Gasteiger partial charge < -0.3 is 9.84 Å². The summed E-state index contributed by atoms with van der Waals surface area (Å²) in [5.41, 5.74) is 3.16. The Morgan fingerprint density at radius 1 is 1.37 bits per heavy atom. The number of aliphatic hydroxyl groups is 1. The zero-order valence-corrected chi connectivity index (χ0v) is 11.5. The van der Waals surface area contributed by atoms with Gasteiger partial charge in [0, 0.05) is 32.2 Å². The first kappa shape index (κ1) is 12.9. The molecule has 19 heavy (non-hydrogen) atoms. The van der Waals surface area contributed by atoms with Crippen LogP contribution in [0, 0.1) is 5.92 Å². The topological polar surface area (TPSA) is 58.5 Å². The average molecular weight is 279 g/mol. The molecular weight excluding hydrogens is 262 g/mol. The fourth-order valence-corrected chi connectivity index (χ4v) is 2.91. The molecule has 6 heteroatoms. The fraction of sp³-hybridized carbons (Fsp3) is 0.538. The van der Waals surface area contributed by atoms with E-state index in [1.807, 2.05) is 6.07 Å². The van der Waals surface area contributed by atoms with Crippen molar-refractivity contribution >= 4 is 22.8 Å². The van der Waals surface area contributed by atoms with Crippen LogP contribution in [0.4, 0.5) is 0 Å². The van der Waals surface area contributed by atoms with Gasteiger partial charge in [-0.1, -0.05) is 6.07 Å². The molecule has 0 bridgehead atoms. The SMILES string of the molecule is OCC1COCCN(Cc2ccc3nsnc3c2)C1. The summed E-state index contributed by atoms with van der Waals surface area (Å²) < 4.78 is 14.0. The molecule has 1 aliphatic rings. The summed E-state index contributed by atoms with van der Waals surface area (Å²) in [6.45, 7) is 4.23. The van der Waals surface area contributed by atoms with E-state index in [2.05, 4.69) is 25.8 Å². The second-order valence-corrected chi connectivity index (χ2v) is 5.47. The molecule has 0 saturated carbocycles. The van der Waals surface area contributed by atoms with E-state index in [0.29, 0.717) is 6.61 Å². The molecule has 5 nitrogen and oxygen atoms in total. The lowest BCUT2D eigenvalue weighted by atomic mass is 10.1. The second kappa shape index (κ2) is 5.92. The molecule has 0 aliphatic carbocycles. The molecule has 3 rings (SSSR count). The van der Waals surface area contributed by atoms with E-state index in [1.165, 1.54) is 17.3 Å². The van der Waals surface area contributed by atoms with Crippen molar-refractivity contribution in [2.75, 3.05) is 32.9 Å². The molecule has 2 heterocycles. The van der Waals surface area contributed by atoms with E-state index in [0.717, 1.165) is 37.3 Å². The first-order valence-electron chi connectivity index (χ1n) is 6.47. The summed E-state index contributed by atoms with van der Waals surface area (Å²) in [6, 6.07) is 6.22. The third kappa shape index (κ3) is 3.09. The smallest absolute Gasteiger partial charge is 0.105 e. The van der Waals surface area contributed by atoms with Gasteiger partial charge in [0.15, 0.2) is 0 Å². The van der Waals surface area contributed by atoms with Crippen LogP contribution in [0.2, 0.25) is 0 Å². The Morgan fingerprint density at radius 2 is 2.26 bits per heavy atom. The normalized spacial score (nSPS) is 21.6. The van der Waals surface area contributed by atoms with Crippen molar-refractivity contribution in [2.45, 2.75) is 6.54 Å². The van der Waals surface area contributed by atoms with E-state index in [-0.39, 0.29) is 12.5 Å². The van der Waals surface area contributed by atoms with Gasteiger partial charge in [0.05, 0.1) is 24.9 Å². The minimum atomic E-state index is 0.186. The van der Waals surface area contributed by atoms with Crippen LogP contribution in [0.25, 0.3) is 11.0 Å². The molecule has 1 aromatic heterocycles. The molecule has 1 N–H and O–H groups in total. The number of ether oxygens (including phenoxy) is 1. The highest BCUT2D eigenvalue weighted by atomic mass is 32.1. The van der Waals surface area contributed by atoms with E-state index < -0.39 is 0 Å². The van der Waals surface area contributed by atoms with E-state index in [1.54, 1.807) is 0 Å². The Labute approximate surface area is 116 Å². The lowest BCUT2D eigenvalue weighted by Crippen LogP contribution is -2.30. The van der Waals surface area contributed by atoms with Crippen molar-refractivity contribution < 1.29 is 9.84 Å². The summed E-state index contributed by atoms with van der Waals surface area (Å²) in [6.07, 6.45) is 0. The van der Waals surface area contributed by atoms with Crippen LogP contribution in [-0.4, -0.2) is 51.7 Å². The summed E-state index contributed by atoms with van der Waals surface area (Å²) in [5.74, 6) is 0.215. The van der Waals surface area contributed by atoms with Crippen molar-refractivity contribution in [3.63, 3.8) is 0 Å². The van der Waals surface area contributed by atoms with Gasteiger partial charge in [0.2, 0.25) is 0 Å². The van der Waals surface area contributed by atoms with Crippen molar-refractivity contribution in [3.8, 4) is 0 Å². The minimum absolute atomic E-state index is 0.186. The van der Waals surface area contributed by atoms with Gasteiger partial charge in [-0.3, -0.25) is 4.90 Å². The molecule has 1 atom stereocenters. The Kier molecular flexibility index (Phi) is 4.03. The van der Waals surface area contributed by atoms with E-state index in [4.69, 9.17) is 4.74 Å². The molecule has 0 amide bonds. The summed E-state index contributed by atoms with van der Waals surface area (Å²) in [7, 11) is 0. The molecule has 0 spiro atoms.